The van der Waals surface area contributed by atoms with Crippen LogP contribution in [-0.4, -0.2) is 6.18 Å². The highest BCUT2D eigenvalue weighted by Crippen LogP contribution is 2.38. The first-order valence-electron chi connectivity index (χ1n) is 6.97. The lowest BCUT2D eigenvalue weighted by Crippen LogP contribution is -2.15. The lowest BCUT2D eigenvalue weighted by molar-refractivity contribution is -0.136. The van der Waals surface area contributed by atoms with Gasteiger partial charge in [0.1, 0.15) is 0 Å². The van der Waals surface area contributed by atoms with Gasteiger partial charge < -0.3 is 5.73 Å². The number of hydrogen-bond acceptors (Lipinski definition) is 1. The first kappa shape index (κ1) is 14.1. The van der Waals surface area contributed by atoms with Gasteiger partial charge in [-0.1, -0.05) is 42.5 Å². The van der Waals surface area contributed by atoms with E-state index in [1.807, 2.05) is 30.3 Å². The molecule has 0 bridgehead atoms. The van der Waals surface area contributed by atoms with Crippen LogP contribution in [0.25, 0.3) is 11.1 Å². The van der Waals surface area contributed by atoms with Gasteiger partial charge in [0.15, 0.2) is 0 Å². The predicted octanol–water partition coefficient (Wildman–Crippen LogP) is 4.60. The zero-order valence-electron chi connectivity index (χ0n) is 11.5. The molecule has 110 valence electrons. The molecule has 21 heavy (non-hydrogen) atoms. The normalized spacial score (nSPS) is 14.7. The molecule has 0 saturated heterocycles. The molecule has 0 aliphatic heterocycles. The minimum Gasteiger partial charge on any atom is -0.324 e. The Morgan fingerprint density at radius 1 is 1.00 bits per heavy atom. The van der Waals surface area contributed by atoms with Crippen LogP contribution in [0, 0.1) is 0 Å². The monoisotopic (exact) mass is 291 g/mol. The Labute approximate surface area is 121 Å². The van der Waals surface area contributed by atoms with Gasteiger partial charge in [-0.15, -0.1) is 0 Å². The zero-order chi connectivity index (χ0) is 15.0. The minimum atomic E-state index is -4.15. The van der Waals surface area contributed by atoms with E-state index in [9.17, 15) is 13.2 Å². The second-order valence-electron chi connectivity index (χ2n) is 5.51. The fourth-order valence-electron chi connectivity index (χ4n) is 2.88. The lowest BCUT2D eigenvalue weighted by atomic mass is 9.97. The first-order chi connectivity index (χ1) is 9.94. The third-order valence-electron chi connectivity index (χ3n) is 3.98. The Morgan fingerprint density at radius 2 is 1.71 bits per heavy atom. The maximum atomic E-state index is 12.3. The van der Waals surface area contributed by atoms with Gasteiger partial charge in [-0.05, 0) is 40.7 Å². The smallest absolute Gasteiger partial charge is 0.324 e. The van der Waals surface area contributed by atoms with Crippen LogP contribution in [0.4, 0.5) is 13.2 Å². The molecular weight excluding hydrogens is 275 g/mol. The quantitative estimate of drug-likeness (QED) is 0.750. The van der Waals surface area contributed by atoms with Gasteiger partial charge in [0.05, 0.1) is 0 Å². The molecule has 0 fully saturated rings. The molecule has 1 aliphatic rings. The number of alkyl halides is 3. The van der Waals surface area contributed by atoms with E-state index in [4.69, 9.17) is 5.73 Å². The zero-order valence-corrected chi connectivity index (χ0v) is 11.5. The van der Waals surface area contributed by atoms with Gasteiger partial charge in [0.25, 0.3) is 0 Å². The molecule has 0 radical (unpaired) electrons. The van der Waals surface area contributed by atoms with Crippen LogP contribution in [-0.2, 0) is 6.42 Å². The predicted molar refractivity (Wildman–Crippen MR) is 76.9 cm³/mol. The summed E-state index contributed by atoms with van der Waals surface area (Å²) in [5, 5.41) is 0. The highest BCUT2D eigenvalue weighted by atomic mass is 19.4. The van der Waals surface area contributed by atoms with Crippen LogP contribution in [0.5, 0.6) is 0 Å². The number of benzene rings is 2. The van der Waals surface area contributed by atoms with Crippen molar-refractivity contribution in [3.63, 3.8) is 0 Å². The molecule has 0 spiro atoms. The van der Waals surface area contributed by atoms with Gasteiger partial charge in [-0.25, -0.2) is 0 Å². The maximum Gasteiger partial charge on any atom is 0.389 e. The summed E-state index contributed by atoms with van der Waals surface area (Å²) >= 11 is 0. The number of hydrogen-bond donors (Lipinski definition) is 1. The first-order valence-corrected chi connectivity index (χ1v) is 6.97. The molecule has 2 aromatic rings. The second-order valence-corrected chi connectivity index (χ2v) is 5.51. The van der Waals surface area contributed by atoms with E-state index in [-0.39, 0.29) is 6.42 Å². The average molecular weight is 291 g/mol. The lowest BCUT2D eigenvalue weighted by Gasteiger charge is -2.15. The highest BCUT2D eigenvalue weighted by Gasteiger charge is 2.28. The SMILES string of the molecule is N[C@@H](CCC(F)(F)F)c1ccc2c(c1)Cc1ccccc1-2. The summed E-state index contributed by atoms with van der Waals surface area (Å²) < 4.78 is 36.8. The van der Waals surface area contributed by atoms with Crippen molar-refractivity contribution in [3.05, 3.63) is 59.2 Å². The summed E-state index contributed by atoms with van der Waals surface area (Å²) in [6, 6.07) is 13.4. The molecule has 1 atom stereocenters. The van der Waals surface area contributed by atoms with E-state index in [1.165, 1.54) is 11.1 Å². The third kappa shape index (κ3) is 2.95. The fourth-order valence-corrected chi connectivity index (χ4v) is 2.88. The Balaban J connectivity index is 1.81. The molecule has 1 nitrogen and oxygen atoms in total. The van der Waals surface area contributed by atoms with E-state index in [0.29, 0.717) is 0 Å². The van der Waals surface area contributed by atoms with E-state index in [1.54, 1.807) is 0 Å². The van der Waals surface area contributed by atoms with Crippen molar-refractivity contribution in [3.8, 4) is 11.1 Å². The molecule has 0 unspecified atom stereocenters. The van der Waals surface area contributed by atoms with Crippen LogP contribution in [0.2, 0.25) is 0 Å². The summed E-state index contributed by atoms with van der Waals surface area (Å²) in [4.78, 5) is 0. The highest BCUT2D eigenvalue weighted by molar-refractivity contribution is 5.76. The van der Waals surface area contributed by atoms with E-state index < -0.39 is 18.6 Å². The summed E-state index contributed by atoms with van der Waals surface area (Å²) in [5.41, 5.74) is 11.5. The molecule has 2 aromatic carbocycles. The number of fused-ring (bicyclic) bond motifs is 3. The van der Waals surface area contributed by atoms with E-state index >= 15 is 0 Å². The largest absolute Gasteiger partial charge is 0.389 e. The van der Waals surface area contributed by atoms with Gasteiger partial charge in [0.2, 0.25) is 0 Å². The van der Waals surface area contributed by atoms with Crippen LogP contribution in [0.3, 0.4) is 0 Å². The molecule has 0 amide bonds. The summed E-state index contributed by atoms with van der Waals surface area (Å²) in [7, 11) is 0. The molecule has 2 N–H and O–H groups in total. The molecule has 3 rings (SSSR count). The maximum absolute atomic E-state index is 12.3. The van der Waals surface area contributed by atoms with Gasteiger partial charge >= 0.3 is 6.18 Å². The average Bonchev–Trinajstić information content (AvgIpc) is 2.81. The Kier molecular flexibility index (Phi) is 3.49. The fraction of sp³-hybridized carbons (Fsp3) is 0.294. The molecular formula is C17H16F3N. The number of rotatable bonds is 3. The van der Waals surface area contributed by atoms with Crippen molar-refractivity contribution in [1.82, 2.24) is 0 Å². The molecule has 0 aromatic heterocycles. The number of halogens is 3. The van der Waals surface area contributed by atoms with Crippen molar-refractivity contribution < 1.29 is 13.2 Å². The number of nitrogens with two attached hydrogens (primary N) is 1. The van der Waals surface area contributed by atoms with Gasteiger partial charge in [-0.2, -0.15) is 13.2 Å². The van der Waals surface area contributed by atoms with Crippen LogP contribution in [0.15, 0.2) is 42.5 Å². The summed E-state index contributed by atoms with van der Waals surface area (Å²) in [5.74, 6) is 0. The minimum absolute atomic E-state index is 0.0742. The Bertz CT molecular complexity index is 661. The summed E-state index contributed by atoms with van der Waals surface area (Å²) in [6.07, 6.45) is -4.24. The van der Waals surface area contributed by atoms with Crippen molar-refractivity contribution in [1.29, 1.82) is 0 Å². The van der Waals surface area contributed by atoms with Crippen molar-refractivity contribution >= 4 is 0 Å². The Morgan fingerprint density at radius 3 is 2.48 bits per heavy atom. The van der Waals surface area contributed by atoms with Crippen LogP contribution in [0.1, 0.15) is 35.6 Å². The van der Waals surface area contributed by atoms with Crippen molar-refractivity contribution in [2.75, 3.05) is 0 Å². The summed E-state index contributed by atoms with van der Waals surface area (Å²) in [6.45, 7) is 0. The third-order valence-corrected chi connectivity index (χ3v) is 3.98. The van der Waals surface area contributed by atoms with Crippen LogP contribution < -0.4 is 5.73 Å². The van der Waals surface area contributed by atoms with Crippen LogP contribution >= 0.6 is 0 Å². The molecule has 0 saturated carbocycles. The van der Waals surface area contributed by atoms with Crippen molar-refractivity contribution in [2.24, 2.45) is 5.73 Å². The molecule has 1 aliphatic carbocycles. The van der Waals surface area contributed by atoms with E-state index in [0.717, 1.165) is 23.1 Å². The van der Waals surface area contributed by atoms with Gasteiger partial charge in [0, 0.05) is 12.5 Å². The second kappa shape index (κ2) is 5.19. The standard InChI is InChI=1S/C17H16F3N/c18-17(19,20)8-7-16(21)12-5-6-15-13(10-12)9-11-3-1-2-4-14(11)15/h1-6,10,16H,7-9,21H2/t16-/m0/s1. The van der Waals surface area contributed by atoms with E-state index in [2.05, 4.69) is 12.1 Å². The Hall–Kier alpha value is -1.81. The van der Waals surface area contributed by atoms with Crippen molar-refractivity contribution in [2.45, 2.75) is 31.5 Å². The topological polar surface area (TPSA) is 26.0 Å². The molecule has 4 heteroatoms. The van der Waals surface area contributed by atoms with Gasteiger partial charge in [-0.3, -0.25) is 0 Å². The molecule has 0 heterocycles.